The average molecular weight is 354 g/mol. The Morgan fingerprint density at radius 2 is 2.00 bits per heavy atom. The topological polar surface area (TPSA) is 21.3 Å². The van der Waals surface area contributed by atoms with Crippen LogP contribution in [0.25, 0.3) is 0 Å². The van der Waals surface area contributed by atoms with Crippen LogP contribution in [0.1, 0.15) is 31.2 Å². The molecule has 0 aliphatic rings. The lowest BCUT2D eigenvalue weighted by Gasteiger charge is -2.21. The molecular weight excluding hydrogens is 334 g/mol. The van der Waals surface area contributed by atoms with Crippen LogP contribution in [0.15, 0.2) is 34.1 Å². The summed E-state index contributed by atoms with van der Waals surface area (Å²) in [6.07, 6.45) is 0. The highest BCUT2D eigenvalue weighted by atomic mass is 79.9. The number of nitrogens with one attached hydrogen (secondary N) is 1. The molecule has 4 heteroatoms. The Hall–Kier alpha value is -1.000. The Labute approximate surface area is 133 Å². The molecule has 1 aromatic heterocycles. The molecule has 2 rings (SSSR count). The number of rotatable bonds is 4. The van der Waals surface area contributed by atoms with E-state index in [9.17, 15) is 0 Å². The summed E-state index contributed by atoms with van der Waals surface area (Å²) in [5.74, 6) is 0.883. The third-order valence-corrected chi connectivity index (χ3v) is 4.84. The van der Waals surface area contributed by atoms with Crippen molar-refractivity contribution < 1.29 is 4.74 Å². The van der Waals surface area contributed by atoms with Gasteiger partial charge in [-0.25, -0.2) is 0 Å². The van der Waals surface area contributed by atoms with E-state index < -0.39 is 0 Å². The molecule has 0 radical (unpaired) electrons. The van der Waals surface area contributed by atoms with Crippen molar-refractivity contribution in [3.8, 4) is 5.75 Å². The molecule has 0 spiro atoms. The van der Waals surface area contributed by atoms with Crippen molar-refractivity contribution in [1.29, 1.82) is 0 Å². The molecule has 2 aromatic rings. The second-order valence-electron chi connectivity index (χ2n) is 5.75. The normalized spacial score (nSPS) is 11.4. The van der Waals surface area contributed by atoms with Gasteiger partial charge in [0, 0.05) is 21.3 Å². The lowest BCUT2D eigenvalue weighted by atomic mass is 9.87. The summed E-state index contributed by atoms with van der Waals surface area (Å²) < 4.78 is 6.57. The number of methoxy groups -OCH3 is 1. The van der Waals surface area contributed by atoms with Gasteiger partial charge in [-0.3, -0.25) is 0 Å². The van der Waals surface area contributed by atoms with E-state index in [4.69, 9.17) is 4.74 Å². The predicted octanol–water partition coefficient (Wildman–Crippen LogP) is 5.43. The number of hydrogen-bond acceptors (Lipinski definition) is 3. The number of thiophene rings is 1. The molecule has 108 valence electrons. The van der Waals surface area contributed by atoms with E-state index in [1.54, 1.807) is 18.4 Å². The summed E-state index contributed by atoms with van der Waals surface area (Å²) in [5, 5.41) is 5.57. The molecule has 0 saturated carbocycles. The number of ether oxygens (including phenoxy) is 1. The van der Waals surface area contributed by atoms with E-state index in [0.29, 0.717) is 0 Å². The van der Waals surface area contributed by atoms with Gasteiger partial charge in [0.25, 0.3) is 0 Å². The molecule has 0 saturated heterocycles. The van der Waals surface area contributed by atoms with Crippen molar-refractivity contribution in [2.45, 2.75) is 32.7 Å². The van der Waals surface area contributed by atoms with Gasteiger partial charge in [-0.1, -0.05) is 26.8 Å². The molecule has 1 N–H and O–H groups in total. The highest BCUT2D eigenvalue weighted by molar-refractivity contribution is 9.10. The van der Waals surface area contributed by atoms with Crippen molar-refractivity contribution in [3.05, 3.63) is 44.6 Å². The molecule has 0 atom stereocenters. The lowest BCUT2D eigenvalue weighted by molar-refractivity contribution is 0.416. The zero-order chi connectivity index (χ0) is 14.8. The SMILES string of the molecule is COc1ccc(C(C)(C)C)cc1NCc1cc(Br)cs1. The van der Waals surface area contributed by atoms with E-state index in [0.717, 1.165) is 22.5 Å². The molecule has 20 heavy (non-hydrogen) atoms. The van der Waals surface area contributed by atoms with Gasteiger partial charge in [0.05, 0.1) is 12.8 Å². The quantitative estimate of drug-likeness (QED) is 0.791. The smallest absolute Gasteiger partial charge is 0.141 e. The summed E-state index contributed by atoms with van der Waals surface area (Å²) >= 11 is 5.22. The Balaban J connectivity index is 2.20. The zero-order valence-electron chi connectivity index (χ0n) is 12.3. The van der Waals surface area contributed by atoms with Gasteiger partial charge >= 0.3 is 0 Å². The van der Waals surface area contributed by atoms with E-state index in [-0.39, 0.29) is 5.41 Å². The van der Waals surface area contributed by atoms with Gasteiger partial charge in [-0.05, 0) is 45.1 Å². The van der Waals surface area contributed by atoms with E-state index in [2.05, 4.69) is 65.6 Å². The second kappa shape index (κ2) is 6.19. The van der Waals surface area contributed by atoms with Crippen LogP contribution in [0.3, 0.4) is 0 Å². The Kier molecular flexibility index (Phi) is 4.76. The number of anilines is 1. The Bertz CT molecular complexity index is 586. The third kappa shape index (κ3) is 3.76. The van der Waals surface area contributed by atoms with Gasteiger partial charge in [0.1, 0.15) is 5.75 Å². The first kappa shape index (κ1) is 15.4. The van der Waals surface area contributed by atoms with Gasteiger partial charge in [-0.2, -0.15) is 0 Å². The van der Waals surface area contributed by atoms with Crippen LogP contribution < -0.4 is 10.1 Å². The second-order valence-corrected chi connectivity index (χ2v) is 7.66. The summed E-state index contributed by atoms with van der Waals surface area (Å²) in [7, 11) is 1.71. The van der Waals surface area contributed by atoms with Crippen molar-refractivity contribution in [1.82, 2.24) is 0 Å². The molecule has 2 nitrogen and oxygen atoms in total. The first-order valence-electron chi connectivity index (χ1n) is 6.55. The minimum absolute atomic E-state index is 0.134. The summed E-state index contributed by atoms with van der Waals surface area (Å²) in [4.78, 5) is 1.29. The monoisotopic (exact) mass is 353 g/mol. The van der Waals surface area contributed by atoms with Crippen LogP contribution in [0, 0.1) is 0 Å². The lowest BCUT2D eigenvalue weighted by Crippen LogP contribution is -2.12. The molecule has 0 fully saturated rings. The maximum absolute atomic E-state index is 5.44. The maximum atomic E-state index is 5.44. The largest absolute Gasteiger partial charge is 0.495 e. The fourth-order valence-electron chi connectivity index (χ4n) is 1.94. The fourth-order valence-corrected chi connectivity index (χ4v) is 3.33. The Morgan fingerprint density at radius 3 is 2.55 bits per heavy atom. The Morgan fingerprint density at radius 1 is 1.25 bits per heavy atom. The van der Waals surface area contributed by atoms with E-state index in [1.165, 1.54) is 10.4 Å². The number of benzene rings is 1. The minimum atomic E-state index is 0.134. The summed E-state index contributed by atoms with van der Waals surface area (Å²) in [6, 6.07) is 8.48. The van der Waals surface area contributed by atoms with Crippen molar-refractivity contribution in [2.24, 2.45) is 0 Å². The van der Waals surface area contributed by atoms with Crippen LogP contribution >= 0.6 is 27.3 Å². The number of halogens is 1. The van der Waals surface area contributed by atoms with E-state index >= 15 is 0 Å². The van der Waals surface area contributed by atoms with Crippen molar-refractivity contribution in [3.63, 3.8) is 0 Å². The van der Waals surface area contributed by atoms with Gasteiger partial charge in [-0.15, -0.1) is 11.3 Å². The average Bonchev–Trinajstić information content (AvgIpc) is 2.80. The molecule has 0 aliphatic heterocycles. The van der Waals surface area contributed by atoms with Crippen LogP contribution in [0.5, 0.6) is 5.75 Å². The standard InChI is InChI=1S/C16H20BrNOS/c1-16(2,3)11-5-6-15(19-4)14(7-11)18-9-13-8-12(17)10-20-13/h5-8,10,18H,9H2,1-4H3. The first-order valence-corrected chi connectivity index (χ1v) is 8.22. The molecule has 0 unspecified atom stereocenters. The van der Waals surface area contributed by atoms with E-state index in [1.807, 2.05) is 6.07 Å². The van der Waals surface area contributed by atoms with Crippen molar-refractivity contribution in [2.75, 3.05) is 12.4 Å². The maximum Gasteiger partial charge on any atom is 0.141 e. The molecule has 0 aliphatic carbocycles. The van der Waals surface area contributed by atoms with Crippen molar-refractivity contribution >= 4 is 33.0 Å². The minimum Gasteiger partial charge on any atom is -0.495 e. The van der Waals surface area contributed by atoms with Crippen LogP contribution in [0.2, 0.25) is 0 Å². The highest BCUT2D eigenvalue weighted by Gasteiger charge is 2.15. The summed E-state index contributed by atoms with van der Waals surface area (Å²) in [5.41, 5.74) is 2.48. The summed E-state index contributed by atoms with van der Waals surface area (Å²) in [6.45, 7) is 7.46. The molecular formula is C16H20BrNOS. The third-order valence-electron chi connectivity index (χ3n) is 3.14. The fraction of sp³-hybridized carbons (Fsp3) is 0.375. The molecule has 1 aromatic carbocycles. The number of hydrogen-bond donors (Lipinski definition) is 1. The van der Waals surface area contributed by atoms with Crippen LogP contribution in [-0.4, -0.2) is 7.11 Å². The molecule has 1 heterocycles. The van der Waals surface area contributed by atoms with Gasteiger partial charge in [0.2, 0.25) is 0 Å². The first-order chi connectivity index (χ1) is 9.40. The molecule has 0 bridgehead atoms. The zero-order valence-corrected chi connectivity index (χ0v) is 14.7. The predicted molar refractivity (Wildman–Crippen MR) is 91.0 cm³/mol. The van der Waals surface area contributed by atoms with Gasteiger partial charge < -0.3 is 10.1 Å². The van der Waals surface area contributed by atoms with Crippen LogP contribution in [-0.2, 0) is 12.0 Å². The van der Waals surface area contributed by atoms with Crippen LogP contribution in [0.4, 0.5) is 5.69 Å². The van der Waals surface area contributed by atoms with Gasteiger partial charge in [0.15, 0.2) is 0 Å². The molecule has 0 amide bonds. The highest BCUT2D eigenvalue weighted by Crippen LogP contribution is 2.32.